The number of methoxy groups -OCH3 is 1. The molecule has 0 saturated carbocycles. The summed E-state index contributed by atoms with van der Waals surface area (Å²) in [6.07, 6.45) is -0.552. The van der Waals surface area contributed by atoms with Crippen LogP contribution in [0, 0.1) is 6.92 Å². The molecule has 0 aliphatic carbocycles. The molecule has 0 unspecified atom stereocenters. The average molecular weight is 332 g/mol. The normalized spacial score (nSPS) is 18.8. The van der Waals surface area contributed by atoms with E-state index in [1.807, 2.05) is 24.3 Å². The fraction of sp³-hybridized carbons (Fsp3) is 0.438. The Labute approximate surface area is 139 Å². The molecule has 8 nitrogen and oxygen atoms in total. The number of morpholine rings is 1. The molecule has 2 atom stereocenters. The molecule has 1 aromatic carbocycles. The van der Waals surface area contributed by atoms with Gasteiger partial charge < -0.3 is 24.6 Å². The van der Waals surface area contributed by atoms with E-state index >= 15 is 0 Å². The maximum absolute atomic E-state index is 12.6. The molecule has 128 valence electrons. The molecule has 2 N–H and O–H groups in total. The molecule has 0 spiro atoms. The molecule has 1 aromatic heterocycles. The highest BCUT2D eigenvalue weighted by atomic mass is 16.5. The molecule has 2 aromatic rings. The summed E-state index contributed by atoms with van der Waals surface area (Å²) in [5.74, 6) is 1.19. The van der Waals surface area contributed by atoms with Crippen LogP contribution >= 0.6 is 0 Å². The van der Waals surface area contributed by atoms with Gasteiger partial charge in [-0.1, -0.05) is 23.4 Å². The molecule has 0 bridgehead atoms. The predicted molar refractivity (Wildman–Crippen MR) is 84.6 cm³/mol. The Morgan fingerprint density at radius 1 is 1.46 bits per heavy atom. The standard InChI is InChI=1S/C16H20N4O4/c1-10-18-15(20-24-10)14(11-5-3-4-6-12(11)22-2)19-16(21)13-9-17-7-8-23-13/h3-6,13-14,17H,7-9H2,1-2H3,(H,19,21)/t13-,14+/m1/s1. The summed E-state index contributed by atoms with van der Waals surface area (Å²) < 4.78 is 16.0. The van der Waals surface area contributed by atoms with Gasteiger partial charge in [-0.2, -0.15) is 4.98 Å². The summed E-state index contributed by atoms with van der Waals surface area (Å²) in [4.78, 5) is 16.8. The van der Waals surface area contributed by atoms with Gasteiger partial charge in [0.2, 0.25) is 5.89 Å². The van der Waals surface area contributed by atoms with Crippen molar-refractivity contribution in [1.82, 2.24) is 20.8 Å². The van der Waals surface area contributed by atoms with Crippen molar-refractivity contribution in [3.05, 3.63) is 41.5 Å². The maximum Gasteiger partial charge on any atom is 0.251 e. The van der Waals surface area contributed by atoms with Crippen molar-refractivity contribution in [3.63, 3.8) is 0 Å². The van der Waals surface area contributed by atoms with E-state index in [1.165, 1.54) is 0 Å². The number of hydrogen-bond acceptors (Lipinski definition) is 7. The van der Waals surface area contributed by atoms with E-state index in [1.54, 1.807) is 14.0 Å². The Morgan fingerprint density at radius 2 is 2.29 bits per heavy atom. The number of hydrogen-bond donors (Lipinski definition) is 2. The highest BCUT2D eigenvalue weighted by Crippen LogP contribution is 2.28. The summed E-state index contributed by atoms with van der Waals surface area (Å²) in [5, 5.41) is 10.0. The van der Waals surface area contributed by atoms with Crippen LogP contribution in [0.4, 0.5) is 0 Å². The zero-order valence-electron chi connectivity index (χ0n) is 13.6. The van der Waals surface area contributed by atoms with Crippen LogP contribution in [0.2, 0.25) is 0 Å². The minimum absolute atomic E-state index is 0.236. The summed E-state index contributed by atoms with van der Waals surface area (Å²) >= 11 is 0. The van der Waals surface area contributed by atoms with Gasteiger partial charge in [0.1, 0.15) is 17.9 Å². The van der Waals surface area contributed by atoms with Crippen LogP contribution in [0.5, 0.6) is 5.75 Å². The van der Waals surface area contributed by atoms with Crippen molar-refractivity contribution in [2.24, 2.45) is 0 Å². The molecule has 1 fully saturated rings. The lowest BCUT2D eigenvalue weighted by molar-refractivity contribution is -0.134. The van der Waals surface area contributed by atoms with Crippen molar-refractivity contribution in [1.29, 1.82) is 0 Å². The van der Waals surface area contributed by atoms with Gasteiger partial charge >= 0.3 is 0 Å². The fourth-order valence-corrected chi connectivity index (χ4v) is 2.59. The van der Waals surface area contributed by atoms with Crippen LogP contribution in [-0.4, -0.2) is 49.0 Å². The molecule has 24 heavy (non-hydrogen) atoms. The number of aryl methyl sites for hydroxylation is 1. The molecule has 1 aliphatic rings. The smallest absolute Gasteiger partial charge is 0.251 e. The van der Waals surface area contributed by atoms with Crippen molar-refractivity contribution in [2.45, 2.75) is 19.1 Å². The largest absolute Gasteiger partial charge is 0.496 e. The van der Waals surface area contributed by atoms with Crippen molar-refractivity contribution >= 4 is 5.91 Å². The van der Waals surface area contributed by atoms with Gasteiger partial charge in [0.05, 0.1) is 13.7 Å². The third-order valence-corrected chi connectivity index (χ3v) is 3.76. The van der Waals surface area contributed by atoms with Gasteiger partial charge in [0.15, 0.2) is 5.82 Å². The quantitative estimate of drug-likeness (QED) is 0.826. The third-order valence-electron chi connectivity index (χ3n) is 3.76. The molecule has 1 aliphatic heterocycles. The summed E-state index contributed by atoms with van der Waals surface area (Å²) in [6.45, 7) is 3.41. The second kappa shape index (κ2) is 7.41. The maximum atomic E-state index is 12.6. The molecule has 8 heteroatoms. The number of carbonyl (C=O) groups excluding carboxylic acids is 1. The van der Waals surface area contributed by atoms with Crippen LogP contribution in [0.25, 0.3) is 0 Å². The molecular weight excluding hydrogens is 312 g/mol. The van der Waals surface area contributed by atoms with Gasteiger partial charge in [-0.25, -0.2) is 0 Å². The van der Waals surface area contributed by atoms with Crippen LogP contribution < -0.4 is 15.4 Å². The third kappa shape index (κ3) is 3.55. The van der Waals surface area contributed by atoms with Crippen LogP contribution in [-0.2, 0) is 9.53 Å². The summed E-state index contributed by atoms with van der Waals surface area (Å²) in [6, 6.07) is 6.81. The van der Waals surface area contributed by atoms with Crippen molar-refractivity contribution in [2.75, 3.05) is 26.8 Å². The number of amides is 1. The number of aromatic nitrogens is 2. The zero-order valence-corrected chi connectivity index (χ0v) is 13.6. The Balaban J connectivity index is 1.89. The fourth-order valence-electron chi connectivity index (χ4n) is 2.59. The number of ether oxygens (including phenoxy) is 2. The van der Waals surface area contributed by atoms with Gasteiger partial charge in [-0.05, 0) is 6.07 Å². The topological polar surface area (TPSA) is 98.5 Å². The first-order valence-electron chi connectivity index (χ1n) is 7.75. The number of carbonyl (C=O) groups is 1. The zero-order chi connectivity index (χ0) is 16.9. The molecule has 2 heterocycles. The molecule has 1 saturated heterocycles. The lowest BCUT2D eigenvalue weighted by atomic mass is 10.0. The summed E-state index contributed by atoms with van der Waals surface area (Å²) in [7, 11) is 1.58. The monoisotopic (exact) mass is 332 g/mol. The Kier molecular flexibility index (Phi) is 5.07. The summed E-state index contributed by atoms with van der Waals surface area (Å²) in [5.41, 5.74) is 0.748. The van der Waals surface area contributed by atoms with E-state index in [0.29, 0.717) is 30.6 Å². The first-order chi connectivity index (χ1) is 11.7. The highest BCUT2D eigenvalue weighted by molar-refractivity contribution is 5.82. The molecule has 3 rings (SSSR count). The van der Waals surface area contributed by atoms with Gasteiger partial charge in [-0.15, -0.1) is 0 Å². The van der Waals surface area contributed by atoms with Crippen molar-refractivity contribution < 1.29 is 18.8 Å². The SMILES string of the molecule is COc1ccccc1[C@H](NC(=O)[C@H]1CNCCO1)c1noc(C)n1. The number of nitrogens with zero attached hydrogens (tertiary/aromatic N) is 2. The lowest BCUT2D eigenvalue weighted by Crippen LogP contribution is -2.48. The van der Waals surface area contributed by atoms with E-state index in [4.69, 9.17) is 14.0 Å². The van der Waals surface area contributed by atoms with Gasteiger partial charge in [0, 0.05) is 25.6 Å². The van der Waals surface area contributed by atoms with Crippen molar-refractivity contribution in [3.8, 4) is 5.75 Å². The minimum Gasteiger partial charge on any atom is -0.496 e. The van der Waals surface area contributed by atoms with E-state index in [9.17, 15) is 4.79 Å². The average Bonchev–Trinajstić information content (AvgIpc) is 3.06. The first kappa shape index (κ1) is 16.4. The lowest BCUT2D eigenvalue weighted by Gasteiger charge is -2.25. The predicted octanol–water partition coefficient (Wildman–Crippen LogP) is 0.581. The van der Waals surface area contributed by atoms with E-state index < -0.39 is 12.1 Å². The van der Waals surface area contributed by atoms with E-state index in [0.717, 1.165) is 12.1 Å². The number of nitrogens with one attached hydrogen (secondary N) is 2. The molecule has 0 radical (unpaired) electrons. The van der Waals surface area contributed by atoms with E-state index in [2.05, 4.69) is 20.8 Å². The highest BCUT2D eigenvalue weighted by Gasteiger charge is 2.29. The van der Waals surface area contributed by atoms with Crippen LogP contribution in [0.1, 0.15) is 23.3 Å². The van der Waals surface area contributed by atoms with Crippen LogP contribution in [0.3, 0.4) is 0 Å². The molecular formula is C16H20N4O4. The number of rotatable bonds is 5. The Morgan fingerprint density at radius 3 is 2.96 bits per heavy atom. The second-order valence-electron chi connectivity index (χ2n) is 5.42. The molecule has 1 amide bonds. The first-order valence-corrected chi connectivity index (χ1v) is 7.75. The van der Waals surface area contributed by atoms with Gasteiger partial charge in [-0.3, -0.25) is 4.79 Å². The second-order valence-corrected chi connectivity index (χ2v) is 5.42. The number of para-hydroxylation sites is 1. The Hall–Kier alpha value is -2.45. The Bertz CT molecular complexity index is 697. The number of benzene rings is 1. The van der Waals surface area contributed by atoms with Crippen LogP contribution in [0.15, 0.2) is 28.8 Å². The van der Waals surface area contributed by atoms with Gasteiger partial charge in [0.25, 0.3) is 5.91 Å². The minimum atomic E-state index is -0.586. The van der Waals surface area contributed by atoms with E-state index in [-0.39, 0.29) is 5.91 Å².